The summed E-state index contributed by atoms with van der Waals surface area (Å²) in [6.45, 7) is 2.07. The van der Waals surface area contributed by atoms with Crippen molar-refractivity contribution >= 4 is 44.7 Å². The Labute approximate surface area is 179 Å². The van der Waals surface area contributed by atoms with Crippen molar-refractivity contribution < 1.29 is 0 Å². The molecule has 1 heterocycles. The monoisotopic (exact) mass is 449 g/mol. The van der Waals surface area contributed by atoms with E-state index in [9.17, 15) is 0 Å². The zero-order chi connectivity index (χ0) is 19.5. The smallest absolute Gasteiger partial charge is 0.194 e. The van der Waals surface area contributed by atoms with Gasteiger partial charge in [-0.1, -0.05) is 70.5 Å². The maximum absolute atomic E-state index is 5.74. The van der Waals surface area contributed by atoms with Crippen molar-refractivity contribution in [2.45, 2.75) is 19.4 Å². The average molecular weight is 450 g/mol. The van der Waals surface area contributed by atoms with E-state index in [1.165, 1.54) is 11.1 Å². The fourth-order valence-electron chi connectivity index (χ4n) is 3.35. The summed E-state index contributed by atoms with van der Waals surface area (Å²) in [4.78, 5) is 0. The molecule has 3 aromatic carbocycles. The van der Waals surface area contributed by atoms with Crippen molar-refractivity contribution in [2.24, 2.45) is 5.10 Å². The second-order valence-corrected chi connectivity index (χ2v) is 8.13. The largest absolute Gasteiger partial charge is 0.331 e. The highest BCUT2D eigenvalue weighted by Crippen LogP contribution is 2.33. The van der Waals surface area contributed by atoms with Gasteiger partial charge in [0.2, 0.25) is 0 Å². The lowest BCUT2D eigenvalue weighted by atomic mass is 9.99. The number of nitrogens with zero attached hydrogens (tertiary/aromatic N) is 2. The molecular weight excluding hydrogens is 430 g/mol. The topological polar surface area (TPSA) is 27.6 Å². The van der Waals surface area contributed by atoms with Crippen molar-refractivity contribution in [1.82, 2.24) is 5.01 Å². The fraction of sp³-hybridized carbons (Fsp3) is 0.130. The number of nitrogens with one attached hydrogen (secondary N) is 1. The number of anilines is 1. The van der Waals surface area contributed by atoms with E-state index < -0.39 is 0 Å². The van der Waals surface area contributed by atoms with Gasteiger partial charge in [-0.25, -0.2) is 5.01 Å². The van der Waals surface area contributed by atoms with E-state index in [0.717, 1.165) is 27.9 Å². The highest BCUT2D eigenvalue weighted by atomic mass is 79.9. The summed E-state index contributed by atoms with van der Waals surface area (Å²) in [5, 5.41) is 10.8. The highest BCUT2D eigenvalue weighted by Gasteiger charge is 2.31. The molecule has 1 aliphatic rings. The molecule has 1 atom stereocenters. The lowest BCUT2D eigenvalue weighted by molar-refractivity contribution is 0.375. The van der Waals surface area contributed by atoms with Gasteiger partial charge in [-0.3, -0.25) is 0 Å². The minimum atomic E-state index is 0.0738. The van der Waals surface area contributed by atoms with E-state index in [0.29, 0.717) is 5.11 Å². The van der Waals surface area contributed by atoms with E-state index in [4.69, 9.17) is 17.3 Å². The van der Waals surface area contributed by atoms with Gasteiger partial charge in [0.1, 0.15) is 0 Å². The van der Waals surface area contributed by atoms with Gasteiger partial charge < -0.3 is 5.32 Å². The highest BCUT2D eigenvalue weighted by molar-refractivity contribution is 9.10. The minimum absolute atomic E-state index is 0.0738. The van der Waals surface area contributed by atoms with Crippen molar-refractivity contribution in [3.05, 3.63) is 100 Å². The van der Waals surface area contributed by atoms with Crippen LogP contribution < -0.4 is 5.32 Å². The summed E-state index contributed by atoms with van der Waals surface area (Å²) < 4.78 is 1.06. The average Bonchev–Trinajstić information content (AvgIpc) is 3.15. The van der Waals surface area contributed by atoms with Crippen LogP contribution in [0, 0.1) is 6.92 Å². The molecule has 5 heteroatoms. The number of halogens is 1. The van der Waals surface area contributed by atoms with Crippen LogP contribution in [-0.4, -0.2) is 15.8 Å². The summed E-state index contributed by atoms with van der Waals surface area (Å²) in [7, 11) is 0. The molecule has 28 heavy (non-hydrogen) atoms. The van der Waals surface area contributed by atoms with Gasteiger partial charge in [0.05, 0.1) is 11.8 Å². The van der Waals surface area contributed by atoms with Gasteiger partial charge in [0, 0.05) is 16.6 Å². The Morgan fingerprint density at radius 2 is 1.79 bits per heavy atom. The number of thiocarbonyl (C=S) groups is 1. The van der Waals surface area contributed by atoms with E-state index in [2.05, 4.69) is 76.7 Å². The Morgan fingerprint density at radius 3 is 2.50 bits per heavy atom. The SMILES string of the molecule is Cc1cccc(NC(=S)N2N=C(c3ccc(Br)cc3)CC2c2ccccc2)c1. The van der Waals surface area contributed by atoms with Crippen molar-refractivity contribution in [3.63, 3.8) is 0 Å². The van der Waals surface area contributed by atoms with Crippen LogP contribution in [0.2, 0.25) is 0 Å². The van der Waals surface area contributed by atoms with Gasteiger partial charge in [-0.2, -0.15) is 5.10 Å². The molecule has 0 saturated carbocycles. The third-order valence-electron chi connectivity index (χ3n) is 4.75. The predicted molar refractivity (Wildman–Crippen MR) is 124 cm³/mol. The summed E-state index contributed by atoms with van der Waals surface area (Å²) in [5.74, 6) is 0. The molecule has 0 aliphatic carbocycles. The molecule has 0 radical (unpaired) electrons. The molecule has 3 nitrogen and oxygen atoms in total. The number of benzene rings is 3. The summed E-state index contributed by atoms with van der Waals surface area (Å²) in [6, 6.07) is 26.9. The van der Waals surface area contributed by atoms with Crippen LogP contribution in [0.1, 0.15) is 29.2 Å². The standard InChI is InChI=1S/C23H20BrN3S/c1-16-6-5-9-20(14-16)25-23(28)27-22(18-7-3-2-4-8-18)15-21(26-27)17-10-12-19(24)13-11-17/h2-14,22H,15H2,1H3,(H,25,28). The van der Waals surface area contributed by atoms with Crippen LogP contribution in [0.5, 0.6) is 0 Å². The van der Waals surface area contributed by atoms with Crippen molar-refractivity contribution in [1.29, 1.82) is 0 Å². The van der Waals surface area contributed by atoms with Gasteiger partial charge in [0.25, 0.3) is 0 Å². The zero-order valence-corrected chi connectivity index (χ0v) is 17.9. The Kier molecular flexibility index (Phi) is 5.55. The molecule has 1 N–H and O–H groups in total. The first-order valence-electron chi connectivity index (χ1n) is 9.15. The lowest BCUT2D eigenvalue weighted by Gasteiger charge is -2.25. The molecule has 4 rings (SSSR count). The molecular formula is C23H20BrN3S. The lowest BCUT2D eigenvalue weighted by Crippen LogP contribution is -2.31. The molecule has 1 unspecified atom stereocenters. The first-order chi connectivity index (χ1) is 13.6. The Hall–Kier alpha value is -2.50. The van der Waals surface area contributed by atoms with Crippen LogP contribution in [0.25, 0.3) is 0 Å². The summed E-state index contributed by atoms with van der Waals surface area (Å²) in [5.41, 5.74) is 5.52. The molecule has 3 aromatic rings. The molecule has 140 valence electrons. The van der Waals surface area contributed by atoms with Crippen LogP contribution in [-0.2, 0) is 0 Å². The van der Waals surface area contributed by atoms with Crippen molar-refractivity contribution in [2.75, 3.05) is 5.32 Å². The molecule has 0 saturated heterocycles. The number of aryl methyl sites for hydroxylation is 1. The third-order valence-corrected chi connectivity index (χ3v) is 5.57. The van der Waals surface area contributed by atoms with Gasteiger partial charge in [-0.15, -0.1) is 0 Å². The number of hydrazone groups is 1. The number of hydrogen-bond acceptors (Lipinski definition) is 2. The van der Waals surface area contributed by atoms with Gasteiger partial charge >= 0.3 is 0 Å². The van der Waals surface area contributed by atoms with Crippen molar-refractivity contribution in [3.8, 4) is 0 Å². The van der Waals surface area contributed by atoms with Gasteiger partial charge in [-0.05, 0) is 60.1 Å². The minimum Gasteiger partial charge on any atom is -0.331 e. The molecule has 0 amide bonds. The maximum atomic E-state index is 5.74. The second kappa shape index (κ2) is 8.25. The molecule has 0 aromatic heterocycles. The summed E-state index contributed by atoms with van der Waals surface area (Å²) in [6.07, 6.45) is 0.807. The van der Waals surface area contributed by atoms with E-state index in [-0.39, 0.29) is 6.04 Å². The molecule has 0 fully saturated rings. The van der Waals surface area contributed by atoms with E-state index in [1.807, 2.05) is 35.3 Å². The van der Waals surface area contributed by atoms with Crippen LogP contribution >= 0.6 is 28.1 Å². The second-order valence-electron chi connectivity index (χ2n) is 6.83. The molecule has 0 spiro atoms. The summed E-state index contributed by atoms with van der Waals surface area (Å²) >= 11 is 9.24. The van der Waals surface area contributed by atoms with Crippen LogP contribution in [0.3, 0.4) is 0 Å². The van der Waals surface area contributed by atoms with Crippen LogP contribution in [0.4, 0.5) is 5.69 Å². The normalized spacial score (nSPS) is 16.0. The maximum Gasteiger partial charge on any atom is 0.194 e. The first kappa shape index (κ1) is 18.8. The first-order valence-corrected chi connectivity index (χ1v) is 10.4. The quantitative estimate of drug-likeness (QED) is 0.474. The zero-order valence-electron chi connectivity index (χ0n) is 15.5. The van der Waals surface area contributed by atoms with Crippen LogP contribution in [0.15, 0.2) is 88.4 Å². The van der Waals surface area contributed by atoms with E-state index >= 15 is 0 Å². The number of rotatable bonds is 3. The molecule has 1 aliphatic heterocycles. The molecule has 0 bridgehead atoms. The Bertz CT molecular complexity index is 1020. The Morgan fingerprint density at radius 1 is 1.04 bits per heavy atom. The third kappa shape index (κ3) is 4.16. The fourth-order valence-corrected chi connectivity index (χ4v) is 3.90. The predicted octanol–water partition coefficient (Wildman–Crippen LogP) is 6.31. The van der Waals surface area contributed by atoms with Gasteiger partial charge in [0.15, 0.2) is 5.11 Å². The Balaban J connectivity index is 1.65. The van der Waals surface area contributed by atoms with E-state index in [1.54, 1.807) is 0 Å². The number of hydrogen-bond donors (Lipinski definition) is 1.